The molecule has 0 saturated carbocycles. The zero-order chi connectivity index (χ0) is 19.6. The number of halogens is 2. The van der Waals surface area contributed by atoms with Crippen LogP contribution >= 0.6 is 11.6 Å². The maximum absolute atomic E-state index is 13.1. The summed E-state index contributed by atoms with van der Waals surface area (Å²) < 4.78 is 24.2. The Bertz CT molecular complexity index is 997. The van der Waals surface area contributed by atoms with Crippen LogP contribution in [0.4, 0.5) is 10.2 Å². The Kier molecular flexibility index (Phi) is 5.22. The van der Waals surface area contributed by atoms with Gasteiger partial charge in [-0.2, -0.15) is 5.10 Å². The lowest BCUT2D eigenvalue weighted by atomic mass is 10.2. The molecule has 3 rings (SSSR count). The molecule has 2 heterocycles. The highest BCUT2D eigenvalue weighted by Gasteiger charge is 2.23. The number of ether oxygens (including phenoxy) is 1. The van der Waals surface area contributed by atoms with Crippen LogP contribution in [0.15, 0.2) is 34.9 Å². The van der Waals surface area contributed by atoms with Crippen LogP contribution in [0.5, 0.6) is 0 Å². The molecular formula is C17H14ClFN4O4. The quantitative estimate of drug-likeness (QED) is 0.670. The fourth-order valence-electron chi connectivity index (χ4n) is 2.29. The molecule has 2 aromatic heterocycles. The summed E-state index contributed by atoms with van der Waals surface area (Å²) in [5.74, 6) is -1.06. The topological polar surface area (TPSA) is 99.2 Å². The van der Waals surface area contributed by atoms with Gasteiger partial charge in [-0.1, -0.05) is 16.8 Å². The van der Waals surface area contributed by atoms with E-state index < -0.39 is 24.3 Å². The second kappa shape index (κ2) is 7.58. The third-order valence-electron chi connectivity index (χ3n) is 3.51. The van der Waals surface area contributed by atoms with Crippen molar-refractivity contribution in [3.63, 3.8) is 0 Å². The number of nitrogens with zero attached hydrogens (tertiary/aromatic N) is 3. The van der Waals surface area contributed by atoms with Gasteiger partial charge in [0.15, 0.2) is 12.4 Å². The number of carbonyl (C=O) groups excluding carboxylic acids is 2. The van der Waals surface area contributed by atoms with Crippen LogP contribution in [0.25, 0.3) is 5.69 Å². The van der Waals surface area contributed by atoms with Crippen LogP contribution in [0.3, 0.4) is 0 Å². The van der Waals surface area contributed by atoms with Gasteiger partial charge in [0.1, 0.15) is 22.3 Å². The molecule has 0 fully saturated rings. The standard InChI is InChI=1S/C17H14ClFN4O4/c1-9-7-13(22-27-9)20-14(24)8-26-17(25)15-10(2)21-23(16(15)18)12-5-3-11(19)4-6-12/h3-7H,8H2,1-2H3,(H,20,22,24). The van der Waals surface area contributed by atoms with Crippen molar-refractivity contribution in [3.05, 3.63) is 58.3 Å². The van der Waals surface area contributed by atoms with Gasteiger partial charge in [0.25, 0.3) is 5.91 Å². The Morgan fingerprint density at radius 3 is 2.63 bits per heavy atom. The fourth-order valence-corrected chi connectivity index (χ4v) is 2.64. The molecule has 3 aromatic rings. The number of esters is 1. The maximum atomic E-state index is 13.1. The van der Waals surface area contributed by atoms with Crippen LogP contribution in [0.2, 0.25) is 5.15 Å². The van der Waals surface area contributed by atoms with Crippen molar-refractivity contribution in [1.82, 2.24) is 14.9 Å². The Morgan fingerprint density at radius 2 is 2.00 bits per heavy atom. The molecule has 0 bridgehead atoms. The van der Waals surface area contributed by atoms with Gasteiger partial charge >= 0.3 is 5.97 Å². The number of nitrogens with one attached hydrogen (secondary N) is 1. The molecule has 1 amide bonds. The van der Waals surface area contributed by atoms with E-state index in [2.05, 4.69) is 15.6 Å². The van der Waals surface area contributed by atoms with Crippen molar-refractivity contribution in [2.75, 3.05) is 11.9 Å². The first kappa shape index (κ1) is 18.6. The molecule has 0 radical (unpaired) electrons. The minimum absolute atomic E-state index is 0.00311. The Labute approximate surface area is 157 Å². The van der Waals surface area contributed by atoms with Gasteiger partial charge in [-0.25, -0.2) is 13.9 Å². The first-order valence-electron chi connectivity index (χ1n) is 7.76. The summed E-state index contributed by atoms with van der Waals surface area (Å²) in [6, 6.07) is 6.95. The summed E-state index contributed by atoms with van der Waals surface area (Å²) in [5, 5.41) is 10.2. The maximum Gasteiger partial charge on any atom is 0.343 e. The average Bonchev–Trinajstić information content (AvgIpc) is 3.16. The average molecular weight is 393 g/mol. The second-order valence-corrected chi connectivity index (χ2v) is 5.94. The largest absolute Gasteiger partial charge is 0.452 e. The monoisotopic (exact) mass is 392 g/mol. The van der Waals surface area contributed by atoms with Crippen molar-refractivity contribution in [3.8, 4) is 5.69 Å². The lowest BCUT2D eigenvalue weighted by molar-refractivity contribution is -0.119. The molecule has 0 aliphatic rings. The molecule has 1 N–H and O–H groups in total. The van der Waals surface area contributed by atoms with E-state index in [1.54, 1.807) is 13.8 Å². The zero-order valence-electron chi connectivity index (χ0n) is 14.3. The van der Waals surface area contributed by atoms with Gasteiger partial charge in [-0.3, -0.25) is 4.79 Å². The smallest absolute Gasteiger partial charge is 0.343 e. The summed E-state index contributed by atoms with van der Waals surface area (Å²) in [7, 11) is 0. The molecule has 0 atom stereocenters. The molecule has 0 aliphatic carbocycles. The van der Waals surface area contributed by atoms with E-state index in [1.807, 2.05) is 0 Å². The summed E-state index contributed by atoms with van der Waals surface area (Å²) in [6.07, 6.45) is 0. The van der Waals surface area contributed by atoms with E-state index in [-0.39, 0.29) is 16.5 Å². The first-order chi connectivity index (χ1) is 12.8. The van der Waals surface area contributed by atoms with Gasteiger partial charge < -0.3 is 14.6 Å². The number of amides is 1. The number of aromatic nitrogens is 3. The van der Waals surface area contributed by atoms with E-state index >= 15 is 0 Å². The number of hydrogen-bond donors (Lipinski definition) is 1. The third-order valence-corrected chi connectivity index (χ3v) is 3.86. The number of benzene rings is 1. The molecule has 10 heteroatoms. The molecule has 8 nitrogen and oxygen atoms in total. The minimum atomic E-state index is -0.808. The predicted octanol–water partition coefficient (Wildman–Crippen LogP) is 3.07. The van der Waals surface area contributed by atoms with Gasteiger partial charge in [0, 0.05) is 6.07 Å². The highest BCUT2D eigenvalue weighted by Crippen LogP contribution is 2.24. The number of anilines is 1. The predicted molar refractivity (Wildman–Crippen MR) is 93.4 cm³/mol. The van der Waals surface area contributed by atoms with Crippen molar-refractivity contribution in [2.45, 2.75) is 13.8 Å². The molecule has 1 aromatic carbocycles. The molecule has 27 heavy (non-hydrogen) atoms. The highest BCUT2D eigenvalue weighted by molar-refractivity contribution is 6.33. The van der Waals surface area contributed by atoms with Crippen molar-refractivity contribution in [2.24, 2.45) is 0 Å². The lowest BCUT2D eigenvalue weighted by Crippen LogP contribution is -2.21. The Hall–Kier alpha value is -3.20. The van der Waals surface area contributed by atoms with Crippen LogP contribution in [0.1, 0.15) is 21.8 Å². The van der Waals surface area contributed by atoms with Gasteiger partial charge in [0.05, 0.1) is 11.4 Å². The summed E-state index contributed by atoms with van der Waals surface area (Å²) >= 11 is 6.23. The van der Waals surface area contributed by atoms with Crippen LogP contribution in [0, 0.1) is 19.7 Å². The normalized spacial score (nSPS) is 10.7. The van der Waals surface area contributed by atoms with E-state index in [0.717, 1.165) is 0 Å². The number of rotatable bonds is 5. The van der Waals surface area contributed by atoms with E-state index in [1.165, 1.54) is 35.0 Å². The molecule has 0 spiro atoms. The van der Waals surface area contributed by atoms with Crippen molar-refractivity contribution < 1.29 is 23.2 Å². The van der Waals surface area contributed by atoms with Crippen LogP contribution < -0.4 is 5.32 Å². The second-order valence-electron chi connectivity index (χ2n) is 5.59. The zero-order valence-corrected chi connectivity index (χ0v) is 15.1. The van der Waals surface area contributed by atoms with Crippen LogP contribution in [-0.4, -0.2) is 33.4 Å². The molecule has 0 aliphatic heterocycles. The van der Waals surface area contributed by atoms with E-state index in [4.69, 9.17) is 20.9 Å². The summed E-state index contributed by atoms with van der Waals surface area (Å²) in [5.41, 5.74) is 0.802. The van der Waals surface area contributed by atoms with Gasteiger partial charge in [-0.05, 0) is 38.1 Å². The number of hydrogen-bond acceptors (Lipinski definition) is 6. The molecule has 140 valence electrons. The minimum Gasteiger partial charge on any atom is -0.452 e. The van der Waals surface area contributed by atoms with Crippen molar-refractivity contribution >= 4 is 29.3 Å². The molecule has 0 unspecified atom stereocenters. The Morgan fingerprint density at radius 1 is 1.30 bits per heavy atom. The van der Waals surface area contributed by atoms with E-state index in [0.29, 0.717) is 17.1 Å². The van der Waals surface area contributed by atoms with Crippen molar-refractivity contribution in [1.29, 1.82) is 0 Å². The summed E-state index contributed by atoms with van der Waals surface area (Å²) in [6.45, 7) is 2.70. The Balaban J connectivity index is 1.69. The van der Waals surface area contributed by atoms with Gasteiger partial charge in [-0.15, -0.1) is 0 Å². The van der Waals surface area contributed by atoms with Gasteiger partial charge in [0.2, 0.25) is 0 Å². The summed E-state index contributed by atoms with van der Waals surface area (Å²) in [4.78, 5) is 24.1. The first-order valence-corrected chi connectivity index (χ1v) is 8.14. The molecular weight excluding hydrogens is 379 g/mol. The number of aryl methyl sites for hydroxylation is 2. The SMILES string of the molecule is Cc1cc(NC(=O)COC(=O)c2c(C)nn(-c3ccc(F)cc3)c2Cl)no1. The highest BCUT2D eigenvalue weighted by atomic mass is 35.5. The molecule has 0 saturated heterocycles. The van der Waals surface area contributed by atoms with Crippen LogP contribution in [-0.2, 0) is 9.53 Å². The fraction of sp³-hybridized carbons (Fsp3) is 0.176. The van der Waals surface area contributed by atoms with E-state index in [9.17, 15) is 14.0 Å². The third kappa shape index (κ3) is 4.14. The lowest BCUT2D eigenvalue weighted by Gasteiger charge is -2.05. The number of carbonyl (C=O) groups is 2.